The van der Waals surface area contributed by atoms with Gasteiger partial charge in [-0.2, -0.15) is 0 Å². The molecule has 10 heteroatoms. The third kappa shape index (κ3) is 4.69. The maximum absolute atomic E-state index is 12.4. The Morgan fingerprint density at radius 3 is 2.39 bits per heavy atom. The molecule has 0 atom stereocenters. The van der Waals surface area contributed by atoms with Crippen molar-refractivity contribution in [2.75, 3.05) is 29.2 Å². The summed E-state index contributed by atoms with van der Waals surface area (Å²) in [4.78, 5) is 25.1. The van der Waals surface area contributed by atoms with Crippen LogP contribution in [-0.4, -0.2) is 38.8 Å². The summed E-state index contributed by atoms with van der Waals surface area (Å²) < 4.78 is 12.9. The fraction of sp³-hybridized carbons (Fsp3) is 0.130. The number of hydrogen-bond acceptors (Lipinski definition) is 7. The number of carbonyl (C=O) groups is 1. The molecule has 0 unspecified atom stereocenters. The van der Waals surface area contributed by atoms with Crippen LogP contribution in [0.2, 0.25) is 0 Å². The zero-order chi connectivity index (χ0) is 22.6. The number of nitrogens with one attached hydrogen (secondary N) is 3. The van der Waals surface area contributed by atoms with Crippen molar-refractivity contribution >= 4 is 28.9 Å². The third-order valence-corrected chi connectivity index (χ3v) is 4.94. The molecule has 0 saturated carbocycles. The van der Waals surface area contributed by atoms with Gasteiger partial charge in [0.05, 0.1) is 0 Å². The maximum Gasteiger partial charge on any atom is 0.323 e. The van der Waals surface area contributed by atoms with Gasteiger partial charge in [0.15, 0.2) is 11.5 Å². The van der Waals surface area contributed by atoms with Gasteiger partial charge >= 0.3 is 6.03 Å². The van der Waals surface area contributed by atoms with Crippen molar-refractivity contribution in [2.45, 2.75) is 6.92 Å². The summed E-state index contributed by atoms with van der Waals surface area (Å²) in [6.45, 7) is 2.92. The van der Waals surface area contributed by atoms with Gasteiger partial charge in [0.25, 0.3) is 0 Å². The number of ether oxygens (including phenoxy) is 2. The van der Waals surface area contributed by atoms with Crippen molar-refractivity contribution in [1.29, 1.82) is 0 Å². The van der Waals surface area contributed by atoms with Crippen LogP contribution in [0.3, 0.4) is 0 Å². The highest BCUT2D eigenvalue weighted by molar-refractivity contribution is 6.00. The van der Waals surface area contributed by atoms with E-state index in [0.29, 0.717) is 41.9 Å². The number of amides is 2. The molecule has 166 valence electrons. The topological polar surface area (TPSA) is 115 Å². The number of anilines is 4. The smallest absolute Gasteiger partial charge is 0.323 e. The Balaban J connectivity index is 1.20. The summed E-state index contributed by atoms with van der Waals surface area (Å²) >= 11 is 0. The summed E-state index contributed by atoms with van der Waals surface area (Å²) in [5.74, 6) is 3.49. The molecule has 1 aliphatic heterocycles. The maximum atomic E-state index is 12.4. The van der Waals surface area contributed by atoms with Gasteiger partial charge in [0.2, 0.25) is 0 Å². The number of hydrogen-bond donors (Lipinski definition) is 3. The van der Waals surface area contributed by atoms with Crippen LogP contribution in [0.15, 0.2) is 67.3 Å². The number of nitrogens with zero attached hydrogens (tertiary/aromatic N) is 4. The van der Waals surface area contributed by atoms with Crippen LogP contribution >= 0.6 is 0 Å². The minimum Gasteiger partial charge on any atom is -0.486 e. The van der Waals surface area contributed by atoms with E-state index in [9.17, 15) is 4.79 Å². The van der Waals surface area contributed by atoms with E-state index in [-0.39, 0.29) is 6.03 Å². The molecule has 2 amide bonds. The molecule has 33 heavy (non-hydrogen) atoms. The molecule has 0 spiro atoms. The molecule has 3 heterocycles. The van der Waals surface area contributed by atoms with Crippen molar-refractivity contribution < 1.29 is 14.3 Å². The van der Waals surface area contributed by atoms with Crippen molar-refractivity contribution in [3.05, 3.63) is 73.1 Å². The van der Waals surface area contributed by atoms with Crippen molar-refractivity contribution in [2.24, 2.45) is 0 Å². The van der Waals surface area contributed by atoms with E-state index in [4.69, 9.17) is 9.47 Å². The second-order valence-electron chi connectivity index (χ2n) is 7.25. The van der Waals surface area contributed by atoms with Gasteiger partial charge in [-0.1, -0.05) is 0 Å². The molecular weight excluding hydrogens is 422 g/mol. The largest absolute Gasteiger partial charge is 0.486 e. The normalized spacial score (nSPS) is 12.2. The highest BCUT2D eigenvalue weighted by atomic mass is 16.6. The number of rotatable bonds is 5. The van der Waals surface area contributed by atoms with E-state index >= 15 is 0 Å². The Hall–Kier alpha value is -4.60. The zero-order valence-corrected chi connectivity index (χ0v) is 17.8. The fourth-order valence-electron chi connectivity index (χ4n) is 3.37. The Labute approximate surface area is 189 Å². The average molecular weight is 443 g/mol. The highest BCUT2D eigenvalue weighted by Gasteiger charge is 2.13. The summed E-state index contributed by atoms with van der Waals surface area (Å²) in [6.07, 6.45) is 5.06. The Morgan fingerprint density at radius 2 is 1.61 bits per heavy atom. The number of urea groups is 1. The first kappa shape index (κ1) is 20.3. The lowest BCUT2D eigenvalue weighted by molar-refractivity contribution is 0.171. The molecule has 0 aliphatic carbocycles. The number of carbonyl (C=O) groups excluding carboxylic acids is 1. The Bertz CT molecular complexity index is 1290. The second kappa shape index (κ2) is 8.87. The van der Waals surface area contributed by atoms with E-state index < -0.39 is 0 Å². The number of fused-ring (bicyclic) bond motifs is 1. The van der Waals surface area contributed by atoms with Gasteiger partial charge in [-0.3, -0.25) is 4.57 Å². The minimum atomic E-state index is -0.358. The van der Waals surface area contributed by atoms with Crippen LogP contribution in [0.25, 0.3) is 5.82 Å². The first-order chi connectivity index (χ1) is 16.1. The Morgan fingerprint density at radius 1 is 0.879 bits per heavy atom. The zero-order valence-electron chi connectivity index (χ0n) is 17.8. The monoisotopic (exact) mass is 443 g/mol. The minimum absolute atomic E-state index is 0.358. The quantitative estimate of drug-likeness (QED) is 0.425. The lowest BCUT2D eigenvalue weighted by Gasteiger charge is -2.19. The lowest BCUT2D eigenvalue weighted by Crippen LogP contribution is -2.20. The molecule has 0 saturated heterocycles. The first-order valence-corrected chi connectivity index (χ1v) is 10.3. The number of benzene rings is 2. The summed E-state index contributed by atoms with van der Waals surface area (Å²) in [5.41, 5.74) is 2.08. The lowest BCUT2D eigenvalue weighted by atomic mass is 10.2. The van der Waals surface area contributed by atoms with Gasteiger partial charge < -0.3 is 25.4 Å². The average Bonchev–Trinajstić information content (AvgIpc) is 3.26. The molecule has 2 aromatic heterocycles. The van der Waals surface area contributed by atoms with Gasteiger partial charge in [0.1, 0.15) is 37.0 Å². The molecule has 3 N–H and O–H groups in total. The molecule has 2 aromatic carbocycles. The van der Waals surface area contributed by atoms with E-state index in [1.54, 1.807) is 36.5 Å². The van der Waals surface area contributed by atoms with Gasteiger partial charge in [0, 0.05) is 41.6 Å². The molecule has 0 bridgehead atoms. The van der Waals surface area contributed by atoms with Crippen LogP contribution in [0.1, 0.15) is 5.82 Å². The van der Waals surface area contributed by atoms with E-state index in [1.165, 1.54) is 6.33 Å². The Kier molecular flexibility index (Phi) is 5.46. The van der Waals surface area contributed by atoms with Crippen molar-refractivity contribution in [1.82, 2.24) is 19.5 Å². The number of aryl methyl sites for hydroxylation is 1. The van der Waals surface area contributed by atoms with E-state index in [1.807, 2.05) is 35.9 Å². The van der Waals surface area contributed by atoms with Crippen LogP contribution in [0.5, 0.6) is 11.5 Å². The molecule has 1 aliphatic rings. The number of aromatic nitrogens is 4. The number of imidazole rings is 1. The van der Waals surface area contributed by atoms with Crippen molar-refractivity contribution in [3.63, 3.8) is 0 Å². The summed E-state index contributed by atoms with van der Waals surface area (Å²) in [5, 5.41) is 8.84. The molecule has 0 fully saturated rings. The molecule has 4 aromatic rings. The fourth-order valence-corrected chi connectivity index (χ4v) is 3.37. The van der Waals surface area contributed by atoms with Gasteiger partial charge in [-0.05, 0) is 43.3 Å². The van der Waals surface area contributed by atoms with E-state index in [0.717, 1.165) is 17.3 Å². The molecule has 10 nitrogen and oxygen atoms in total. The third-order valence-electron chi connectivity index (χ3n) is 4.94. The van der Waals surface area contributed by atoms with Gasteiger partial charge in [-0.15, -0.1) is 0 Å². The summed E-state index contributed by atoms with van der Waals surface area (Å²) in [7, 11) is 0. The van der Waals surface area contributed by atoms with Crippen LogP contribution in [0.4, 0.5) is 27.7 Å². The SMILES string of the molecule is Cc1nccn1-c1cc(Nc2ccc(NC(=O)Nc3ccc4c(c3)OCCO4)cc2)ncn1. The molecular formula is C23H21N7O3. The van der Waals surface area contributed by atoms with Gasteiger partial charge in [-0.25, -0.2) is 19.7 Å². The van der Waals surface area contributed by atoms with E-state index in [2.05, 4.69) is 30.9 Å². The molecule has 5 rings (SSSR count). The van der Waals surface area contributed by atoms with Crippen molar-refractivity contribution in [3.8, 4) is 17.3 Å². The van der Waals surface area contributed by atoms with Crippen LogP contribution < -0.4 is 25.4 Å². The molecule has 0 radical (unpaired) electrons. The predicted octanol–water partition coefficient (Wildman–Crippen LogP) is 4.13. The second-order valence-corrected chi connectivity index (χ2v) is 7.25. The summed E-state index contributed by atoms with van der Waals surface area (Å²) in [6, 6.07) is 14.1. The predicted molar refractivity (Wildman–Crippen MR) is 124 cm³/mol. The highest BCUT2D eigenvalue weighted by Crippen LogP contribution is 2.32. The standard InChI is InChI=1S/C23H21N7O3/c1-15-24-8-9-30(15)22-13-21(25-14-26-22)27-16-2-4-17(5-3-16)28-23(31)29-18-6-7-19-20(12-18)33-11-10-32-19/h2-9,12-14H,10-11H2,1H3,(H,25,26,27)(H2,28,29,31). The van der Waals surface area contributed by atoms with Crippen LogP contribution in [-0.2, 0) is 0 Å². The van der Waals surface area contributed by atoms with Crippen LogP contribution in [0, 0.1) is 6.92 Å². The first-order valence-electron chi connectivity index (χ1n) is 10.3.